The Morgan fingerprint density at radius 2 is 0.736 bits per heavy atom. The van der Waals surface area contributed by atoms with E-state index in [1.165, 1.54) is 47.8 Å². The van der Waals surface area contributed by atoms with Gasteiger partial charge in [-0.1, -0.05) is 246 Å². The van der Waals surface area contributed by atoms with Gasteiger partial charge in [0.15, 0.2) is 0 Å². The topological polar surface area (TPSA) is 81.1 Å². The minimum Gasteiger partial charge on any atom is -0.455 e. The molecule has 0 spiro atoms. The van der Waals surface area contributed by atoms with Gasteiger partial charge in [-0.3, -0.25) is 4.90 Å². The van der Waals surface area contributed by atoms with Crippen molar-refractivity contribution in [3.8, 4) is 44.5 Å². The second kappa shape index (κ2) is 24.2. The van der Waals surface area contributed by atoms with Gasteiger partial charge in [-0.25, -0.2) is 19.9 Å². The highest BCUT2D eigenvalue weighted by Gasteiger charge is 2.20. The van der Waals surface area contributed by atoms with Gasteiger partial charge in [0.1, 0.15) is 28.2 Å². The molecular weight excluding hydrogens is 1220 g/mol. The molecular formula is C81H52BrN5O2S2. The lowest BCUT2D eigenvalue weighted by molar-refractivity contribution is 0.669. The summed E-state index contributed by atoms with van der Waals surface area (Å²) in [6, 6.07) is 101. The van der Waals surface area contributed by atoms with Crippen molar-refractivity contribution in [3.05, 3.63) is 319 Å². The van der Waals surface area contributed by atoms with Crippen molar-refractivity contribution in [3.63, 3.8) is 0 Å². The van der Waals surface area contributed by atoms with Gasteiger partial charge < -0.3 is 8.83 Å². The van der Waals surface area contributed by atoms with Crippen LogP contribution in [0.2, 0.25) is 0 Å². The number of nitrogens with zero attached hydrogens (tertiary/aromatic N) is 5. The van der Waals surface area contributed by atoms with Crippen LogP contribution in [0.3, 0.4) is 0 Å². The summed E-state index contributed by atoms with van der Waals surface area (Å²) in [7, 11) is 0. The number of anilines is 3. The molecule has 0 atom stereocenters. The second-order valence-electron chi connectivity index (χ2n) is 22.2. The van der Waals surface area contributed by atoms with Crippen LogP contribution in [0.1, 0.15) is 11.4 Å². The number of aromatic nitrogens is 4. The molecule has 0 unspecified atom stereocenters. The number of hydrogen-bond acceptors (Lipinski definition) is 9. The molecule has 18 rings (SSSR count). The van der Waals surface area contributed by atoms with Crippen LogP contribution in [0.15, 0.2) is 317 Å². The molecule has 0 saturated heterocycles. The van der Waals surface area contributed by atoms with Crippen molar-refractivity contribution in [2.24, 2.45) is 0 Å². The van der Waals surface area contributed by atoms with Crippen LogP contribution in [-0.2, 0) is 6.42 Å². The van der Waals surface area contributed by atoms with Gasteiger partial charge in [-0.15, -0.1) is 22.7 Å². The number of para-hydroxylation sites is 4. The van der Waals surface area contributed by atoms with Crippen LogP contribution in [0.25, 0.3) is 129 Å². The zero-order valence-electron chi connectivity index (χ0n) is 48.8. The quantitative estimate of drug-likeness (QED) is 0.142. The molecule has 0 N–H and O–H groups in total. The third-order valence-electron chi connectivity index (χ3n) is 16.5. The molecule has 0 bridgehead atoms. The Balaban J connectivity index is 0.000000121. The maximum Gasteiger partial charge on any atom is 0.235 e. The number of thiophene rings is 2. The average Bonchev–Trinajstić information content (AvgIpc) is 1.99. The predicted molar refractivity (Wildman–Crippen MR) is 384 cm³/mol. The fourth-order valence-electron chi connectivity index (χ4n) is 12.0. The zero-order chi connectivity index (χ0) is 60.6. The standard InChI is InChI=1S/C40H25N3OS.C23H16N2S.C18H11BrO/c1-2-9-26(10-3-1)27-17-21-29(22-18-27)43(40-41-25-37-38(42-40)34-12-5-7-16-36(34)45-37)30-23-19-28(20-24-30)31-13-8-14-33-32-11-4-6-15-35(32)44-39(31)33;1-2-6-17(7-3-1)18-12-10-16(11-13-18)14-22-24-15-21-23(25-22)19-8-4-5-9-20(19)26-21;19-13-10-8-12(9-11-13)14-5-3-6-16-15-4-1-2-7-17(15)20-18(14)16/h1-25H;1-13,15H,14H2;1-11H. The van der Waals surface area contributed by atoms with E-state index in [0.29, 0.717) is 5.95 Å². The Morgan fingerprint density at radius 1 is 0.330 bits per heavy atom. The summed E-state index contributed by atoms with van der Waals surface area (Å²) < 4.78 is 18.2. The van der Waals surface area contributed by atoms with Gasteiger partial charge in [0.05, 0.1) is 26.6 Å². The highest BCUT2D eigenvalue weighted by molar-refractivity contribution is 9.10. The molecule has 0 aliphatic carbocycles. The number of furan rings is 2. The van der Waals surface area contributed by atoms with Gasteiger partial charge in [-0.05, 0) is 99.6 Å². The third-order valence-corrected chi connectivity index (χ3v) is 19.2. The first kappa shape index (κ1) is 55.4. The summed E-state index contributed by atoms with van der Waals surface area (Å²) in [5, 5.41) is 6.95. The molecule has 6 heterocycles. The summed E-state index contributed by atoms with van der Waals surface area (Å²) in [5.74, 6) is 1.50. The molecule has 12 aromatic carbocycles. The summed E-state index contributed by atoms with van der Waals surface area (Å²) in [6.07, 6.45) is 4.65. The first-order valence-electron chi connectivity index (χ1n) is 30.0. The van der Waals surface area contributed by atoms with Crippen LogP contribution in [-0.4, -0.2) is 19.9 Å². The predicted octanol–water partition coefficient (Wildman–Crippen LogP) is 23.7. The molecule has 10 heteroatoms. The molecule has 0 aliphatic heterocycles. The van der Waals surface area contributed by atoms with E-state index >= 15 is 0 Å². The fraction of sp³-hybridized carbons (Fsp3) is 0.0123. The maximum absolute atomic E-state index is 6.34. The Hall–Kier alpha value is -10.9. The lowest BCUT2D eigenvalue weighted by Gasteiger charge is -2.23. The monoisotopic (exact) mass is 1270 g/mol. The second-order valence-corrected chi connectivity index (χ2v) is 25.3. The average molecular weight is 1270 g/mol. The number of hydrogen-bond donors (Lipinski definition) is 0. The Labute approximate surface area is 540 Å². The van der Waals surface area contributed by atoms with E-state index < -0.39 is 0 Å². The Morgan fingerprint density at radius 3 is 1.26 bits per heavy atom. The summed E-state index contributed by atoms with van der Waals surface area (Å²) >= 11 is 6.95. The third kappa shape index (κ3) is 11.0. The van der Waals surface area contributed by atoms with Crippen LogP contribution in [0, 0.1) is 0 Å². The van der Waals surface area contributed by atoms with Crippen molar-refractivity contribution in [1.82, 2.24) is 19.9 Å². The van der Waals surface area contributed by atoms with Gasteiger partial charge in [0.25, 0.3) is 0 Å². The van der Waals surface area contributed by atoms with Gasteiger partial charge >= 0.3 is 0 Å². The number of benzene rings is 12. The summed E-state index contributed by atoms with van der Waals surface area (Å²) in [4.78, 5) is 21.6. The molecule has 0 amide bonds. The van der Waals surface area contributed by atoms with E-state index in [2.05, 4.69) is 275 Å². The number of halogens is 1. The molecule has 18 aromatic rings. The minimum atomic E-state index is 0.630. The summed E-state index contributed by atoms with van der Waals surface area (Å²) in [6.45, 7) is 0. The van der Waals surface area contributed by atoms with Crippen LogP contribution >= 0.6 is 38.6 Å². The van der Waals surface area contributed by atoms with Gasteiger partial charge in [0, 0.05) is 81.3 Å². The SMILES string of the molecule is Brc1ccc(-c2cccc3c2oc2ccccc23)cc1.c1ccc(-c2ccc(Cc3ncc4sc5ccccc5c4n3)cc2)cc1.c1ccc(-c2ccc(N(c3ccc(-c4cccc5c4oc4ccccc45)cc3)c3ncc4sc5ccccc5c4n3)cc2)cc1. The minimum absolute atomic E-state index is 0.630. The number of rotatable bonds is 9. The van der Waals surface area contributed by atoms with Crippen LogP contribution in [0.4, 0.5) is 17.3 Å². The maximum atomic E-state index is 6.34. The first-order valence-corrected chi connectivity index (χ1v) is 32.5. The molecule has 7 nitrogen and oxygen atoms in total. The number of fused-ring (bicyclic) bond motifs is 12. The molecule has 91 heavy (non-hydrogen) atoms. The summed E-state index contributed by atoms with van der Waals surface area (Å²) in [5.41, 5.74) is 18.2. The van der Waals surface area contributed by atoms with E-state index in [0.717, 1.165) is 115 Å². The molecule has 0 aliphatic rings. The van der Waals surface area contributed by atoms with E-state index in [4.69, 9.17) is 23.8 Å². The van der Waals surface area contributed by atoms with Gasteiger partial charge in [-0.2, -0.15) is 0 Å². The normalized spacial score (nSPS) is 11.4. The fourth-order valence-corrected chi connectivity index (χ4v) is 14.3. The van der Waals surface area contributed by atoms with E-state index in [1.54, 1.807) is 22.7 Å². The smallest absolute Gasteiger partial charge is 0.235 e. The Bertz CT molecular complexity index is 5630. The zero-order valence-corrected chi connectivity index (χ0v) is 52.0. The van der Waals surface area contributed by atoms with Crippen molar-refractivity contribution < 1.29 is 8.83 Å². The molecule has 0 fully saturated rings. The van der Waals surface area contributed by atoms with Crippen LogP contribution < -0.4 is 4.90 Å². The lowest BCUT2D eigenvalue weighted by Crippen LogP contribution is -2.13. The molecule has 432 valence electrons. The Kier molecular flexibility index (Phi) is 14.8. The van der Waals surface area contributed by atoms with Crippen molar-refractivity contribution in [2.75, 3.05) is 4.90 Å². The van der Waals surface area contributed by atoms with Gasteiger partial charge in [0.2, 0.25) is 5.95 Å². The van der Waals surface area contributed by atoms with E-state index in [1.807, 2.05) is 54.9 Å². The molecule has 6 aromatic heterocycles. The van der Waals surface area contributed by atoms with Crippen molar-refractivity contribution in [1.29, 1.82) is 0 Å². The lowest BCUT2D eigenvalue weighted by atomic mass is 10.0. The first-order chi connectivity index (χ1) is 45.0. The van der Waals surface area contributed by atoms with Crippen LogP contribution in [0.5, 0.6) is 0 Å². The van der Waals surface area contributed by atoms with Crippen molar-refractivity contribution >= 4 is 140 Å². The highest BCUT2D eigenvalue weighted by Crippen LogP contribution is 2.42. The molecule has 0 radical (unpaired) electrons. The van der Waals surface area contributed by atoms with E-state index in [9.17, 15) is 0 Å². The largest absolute Gasteiger partial charge is 0.455 e. The van der Waals surface area contributed by atoms with Crippen molar-refractivity contribution in [2.45, 2.75) is 6.42 Å². The molecule has 0 saturated carbocycles. The van der Waals surface area contributed by atoms with E-state index in [-0.39, 0.29) is 0 Å². The highest BCUT2D eigenvalue weighted by atomic mass is 79.9.